The summed E-state index contributed by atoms with van der Waals surface area (Å²) in [5.41, 5.74) is 0.552. The Bertz CT molecular complexity index is 497. The summed E-state index contributed by atoms with van der Waals surface area (Å²) in [6.45, 7) is 1.80. The van der Waals surface area contributed by atoms with Gasteiger partial charge < -0.3 is 4.90 Å². The summed E-state index contributed by atoms with van der Waals surface area (Å²) in [6, 6.07) is 7.12. The Labute approximate surface area is 154 Å². The molecule has 0 unspecified atom stereocenters. The molecule has 1 aromatic carbocycles. The smallest absolute Gasteiger partial charge is 0.262 e. The lowest BCUT2D eigenvalue weighted by molar-refractivity contribution is -0.926. The van der Waals surface area contributed by atoms with E-state index in [1.54, 1.807) is 12.1 Å². The second-order valence-electron chi connectivity index (χ2n) is 5.53. The number of likely N-dealkylation sites (tertiary alicyclic amines) is 1. The monoisotopic (exact) mass is 427 g/mol. The predicted octanol–water partition coefficient (Wildman–Crippen LogP) is 3.33. The van der Waals surface area contributed by atoms with Crippen LogP contribution in [0.2, 0.25) is 0 Å². The number of carbonyl (C=O) groups excluding carboxylic acids is 1. The van der Waals surface area contributed by atoms with Gasteiger partial charge in [-0.2, -0.15) is 0 Å². The van der Waals surface area contributed by atoms with Crippen LogP contribution in [-0.4, -0.2) is 29.0 Å². The number of hydrogen-bond acceptors (Lipinski definition) is 1. The molecular weight excluding hydrogens is 410 g/mol. The third-order valence-corrected chi connectivity index (χ3v) is 5.05. The van der Waals surface area contributed by atoms with Crippen LogP contribution in [0.1, 0.15) is 36.0 Å². The first-order valence-corrected chi connectivity index (χ1v) is 9.28. The lowest BCUT2D eigenvalue weighted by atomic mass is 10.2. The van der Waals surface area contributed by atoms with Gasteiger partial charge in [-0.3, -0.25) is 10.1 Å². The minimum atomic E-state index is -1.54. The van der Waals surface area contributed by atoms with E-state index in [0.29, 0.717) is 5.56 Å². The minimum absolute atomic E-state index is 0.222. The lowest BCUT2D eigenvalue weighted by Gasteiger charge is -2.32. The van der Waals surface area contributed by atoms with Crippen LogP contribution in [0.5, 0.6) is 0 Å². The first-order valence-electron chi connectivity index (χ1n) is 7.35. The molecule has 0 radical (unpaired) electrons. The standard InChI is InChI=1S/C15H18BrCl3N2O/c16-12-7-5-11(6-8-12)13(22)20-14(15(17,18)19)21-9-3-1-2-4-10-21/h5-8,14H,1-4,9-10H2,(H,20,22)/p+1/t14-/m1/s1. The Balaban J connectivity index is 2.12. The Morgan fingerprint density at radius 2 is 1.64 bits per heavy atom. The highest BCUT2D eigenvalue weighted by Gasteiger charge is 2.42. The van der Waals surface area contributed by atoms with Gasteiger partial charge >= 0.3 is 0 Å². The third-order valence-electron chi connectivity index (χ3n) is 3.86. The molecular formula is C15H19BrCl3N2O+. The zero-order chi connectivity index (χ0) is 16.2. The number of quaternary nitrogens is 1. The molecule has 1 aliphatic heterocycles. The molecule has 1 atom stereocenters. The number of amides is 1. The molecule has 7 heteroatoms. The molecule has 0 saturated carbocycles. The molecule has 1 saturated heterocycles. The zero-order valence-corrected chi connectivity index (χ0v) is 15.9. The van der Waals surface area contributed by atoms with Gasteiger partial charge in [-0.05, 0) is 49.9 Å². The van der Waals surface area contributed by atoms with Crippen molar-refractivity contribution in [1.82, 2.24) is 5.32 Å². The van der Waals surface area contributed by atoms with E-state index in [0.717, 1.165) is 35.3 Å². The first-order chi connectivity index (χ1) is 10.4. The van der Waals surface area contributed by atoms with Crippen LogP contribution in [0.25, 0.3) is 0 Å². The van der Waals surface area contributed by atoms with Crippen LogP contribution in [0, 0.1) is 0 Å². The van der Waals surface area contributed by atoms with E-state index in [1.807, 2.05) is 12.1 Å². The molecule has 122 valence electrons. The van der Waals surface area contributed by atoms with Crippen molar-refractivity contribution in [1.29, 1.82) is 0 Å². The van der Waals surface area contributed by atoms with Crippen LogP contribution in [0.4, 0.5) is 0 Å². The average molecular weight is 430 g/mol. The highest BCUT2D eigenvalue weighted by molar-refractivity contribution is 9.10. The van der Waals surface area contributed by atoms with Crippen LogP contribution < -0.4 is 10.2 Å². The summed E-state index contributed by atoms with van der Waals surface area (Å²) in [5.74, 6) is -0.222. The fourth-order valence-corrected chi connectivity index (χ4v) is 3.59. The second-order valence-corrected chi connectivity index (χ2v) is 8.81. The molecule has 0 aliphatic carbocycles. The summed E-state index contributed by atoms with van der Waals surface area (Å²) in [6.07, 6.45) is 4.00. The Morgan fingerprint density at radius 3 is 2.14 bits per heavy atom. The molecule has 1 heterocycles. The van der Waals surface area contributed by atoms with Gasteiger partial charge in [0, 0.05) is 10.0 Å². The van der Waals surface area contributed by atoms with Crippen LogP contribution in [0.3, 0.4) is 0 Å². The lowest BCUT2D eigenvalue weighted by Crippen LogP contribution is -3.19. The number of alkyl halides is 3. The molecule has 1 fully saturated rings. The maximum atomic E-state index is 12.4. The summed E-state index contributed by atoms with van der Waals surface area (Å²) >= 11 is 21.7. The van der Waals surface area contributed by atoms with Crippen LogP contribution >= 0.6 is 50.7 Å². The van der Waals surface area contributed by atoms with E-state index in [9.17, 15) is 4.79 Å². The van der Waals surface area contributed by atoms with Gasteiger partial charge in [-0.1, -0.05) is 50.7 Å². The summed E-state index contributed by atoms with van der Waals surface area (Å²) in [5, 5.41) is 2.90. The Morgan fingerprint density at radius 1 is 1.09 bits per heavy atom. The average Bonchev–Trinajstić information content (AvgIpc) is 2.73. The maximum Gasteiger partial charge on any atom is 0.262 e. The predicted molar refractivity (Wildman–Crippen MR) is 94.9 cm³/mol. The summed E-state index contributed by atoms with van der Waals surface area (Å²) < 4.78 is -0.620. The molecule has 3 nitrogen and oxygen atoms in total. The molecule has 0 bridgehead atoms. The van der Waals surface area contributed by atoms with E-state index in [4.69, 9.17) is 34.8 Å². The number of benzene rings is 1. The number of halogens is 4. The fraction of sp³-hybridized carbons (Fsp3) is 0.533. The number of hydrogen-bond donors (Lipinski definition) is 2. The van der Waals surface area contributed by atoms with Crippen molar-refractivity contribution in [2.75, 3.05) is 13.1 Å². The van der Waals surface area contributed by atoms with Gasteiger partial charge in [0.2, 0.25) is 6.17 Å². The maximum absolute atomic E-state index is 12.4. The molecule has 1 aliphatic rings. The summed E-state index contributed by atoms with van der Waals surface area (Å²) in [4.78, 5) is 13.6. The van der Waals surface area contributed by atoms with E-state index in [1.165, 1.54) is 12.8 Å². The molecule has 0 aromatic heterocycles. The van der Waals surface area contributed by atoms with E-state index >= 15 is 0 Å². The topological polar surface area (TPSA) is 33.5 Å². The van der Waals surface area contributed by atoms with Gasteiger partial charge in [0.05, 0.1) is 13.1 Å². The van der Waals surface area contributed by atoms with Crippen molar-refractivity contribution in [2.24, 2.45) is 0 Å². The van der Waals surface area contributed by atoms with Crippen molar-refractivity contribution < 1.29 is 9.69 Å². The van der Waals surface area contributed by atoms with Gasteiger partial charge in [0.25, 0.3) is 9.70 Å². The van der Waals surface area contributed by atoms with Gasteiger partial charge in [0.15, 0.2) is 0 Å². The quantitative estimate of drug-likeness (QED) is 0.710. The Kier molecular flexibility index (Phi) is 6.84. The minimum Gasteiger partial charge on any atom is -0.312 e. The number of carbonyl (C=O) groups is 1. The zero-order valence-electron chi connectivity index (χ0n) is 12.0. The first kappa shape index (κ1) is 18.3. The summed E-state index contributed by atoms with van der Waals surface area (Å²) in [7, 11) is 0. The fourth-order valence-electron chi connectivity index (χ4n) is 2.70. The van der Waals surface area contributed by atoms with Gasteiger partial charge in [-0.25, -0.2) is 0 Å². The van der Waals surface area contributed by atoms with Crippen molar-refractivity contribution in [2.45, 2.75) is 35.6 Å². The second kappa shape index (κ2) is 8.20. The van der Waals surface area contributed by atoms with E-state index in [-0.39, 0.29) is 5.91 Å². The SMILES string of the molecule is O=C(N[C@H]([NH+]1CCCCCC1)C(Cl)(Cl)Cl)c1ccc(Br)cc1. The third kappa shape index (κ3) is 5.27. The molecule has 22 heavy (non-hydrogen) atoms. The van der Waals surface area contributed by atoms with Crippen molar-refractivity contribution in [3.8, 4) is 0 Å². The van der Waals surface area contributed by atoms with Gasteiger partial charge in [0.1, 0.15) is 0 Å². The highest BCUT2D eigenvalue weighted by atomic mass is 79.9. The largest absolute Gasteiger partial charge is 0.312 e. The van der Waals surface area contributed by atoms with Crippen LogP contribution in [0.15, 0.2) is 28.7 Å². The molecule has 1 aromatic rings. The molecule has 1 amide bonds. The number of rotatable bonds is 3. The molecule has 2 rings (SSSR count). The molecule has 2 N–H and O–H groups in total. The van der Waals surface area contributed by atoms with Crippen molar-refractivity contribution >= 4 is 56.6 Å². The van der Waals surface area contributed by atoms with Gasteiger partial charge in [-0.15, -0.1) is 0 Å². The normalized spacial score (nSPS) is 18.5. The van der Waals surface area contributed by atoms with Crippen LogP contribution in [-0.2, 0) is 0 Å². The Hall–Kier alpha value is -0.000000000000000167. The number of nitrogens with one attached hydrogen (secondary N) is 2. The highest BCUT2D eigenvalue weighted by Crippen LogP contribution is 2.28. The van der Waals surface area contributed by atoms with E-state index in [2.05, 4.69) is 21.2 Å². The van der Waals surface area contributed by atoms with Crippen molar-refractivity contribution in [3.05, 3.63) is 34.3 Å². The molecule has 0 spiro atoms. The van der Waals surface area contributed by atoms with E-state index < -0.39 is 9.96 Å². The van der Waals surface area contributed by atoms with Crippen molar-refractivity contribution in [3.63, 3.8) is 0 Å².